The van der Waals surface area contributed by atoms with E-state index < -0.39 is 16.0 Å². The fourth-order valence-electron chi connectivity index (χ4n) is 3.87. The van der Waals surface area contributed by atoms with Gasteiger partial charge in [-0.2, -0.15) is 0 Å². The fourth-order valence-corrected chi connectivity index (χ4v) is 5.24. The summed E-state index contributed by atoms with van der Waals surface area (Å²) in [5.74, 6) is -0.0894. The average Bonchev–Trinajstić information content (AvgIpc) is 2.92. The van der Waals surface area contributed by atoms with E-state index in [1.807, 2.05) is 38.1 Å². The number of aliphatic carboxylic acids is 1. The molecule has 0 heterocycles. The molecule has 2 rings (SSSR count). The van der Waals surface area contributed by atoms with Crippen molar-refractivity contribution in [2.75, 3.05) is 36.9 Å². The first-order valence-corrected chi connectivity index (χ1v) is 15.3. The van der Waals surface area contributed by atoms with Gasteiger partial charge in [0, 0.05) is 19.0 Å². The lowest BCUT2D eigenvalue weighted by molar-refractivity contribution is -0.136. The zero-order chi connectivity index (χ0) is 28.8. The molecule has 0 unspecified atom stereocenters. The molecule has 216 valence electrons. The van der Waals surface area contributed by atoms with Crippen LogP contribution in [0, 0.1) is 0 Å². The Morgan fingerprint density at radius 1 is 0.923 bits per heavy atom. The van der Waals surface area contributed by atoms with Crippen LogP contribution in [0.25, 0.3) is 6.08 Å². The molecule has 0 atom stereocenters. The highest BCUT2D eigenvalue weighted by Gasteiger charge is 2.19. The summed E-state index contributed by atoms with van der Waals surface area (Å²) in [6.07, 6.45) is 6.08. The molecule has 0 aliphatic heterocycles. The van der Waals surface area contributed by atoms with Crippen molar-refractivity contribution in [2.45, 2.75) is 66.2 Å². The minimum Gasteiger partial charge on any atom is -0.489 e. The van der Waals surface area contributed by atoms with Crippen LogP contribution in [0.1, 0.15) is 70.1 Å². The highest BCUT2D eigenvalue weighted by Crippen LogP contribution is 2.37. The van der Waals surface area contributed by atoms with E-state index in [2.05, 4.69) is 6.92 Å². The van der Waals surface area contributed by atoms with Crippen molar-refractivity contribution in [3.63, 3.8) is 0 Å². The molecule has 0 saturated heterocycles. The number of rotatable bonds is 18. The van der Waals surface area contributed by atoms with Gasteiger partial charge in [0.15, 0.2) is 11.5 Å². The van der Waals surface area contributed by atoms with Gasteiger partial charge in [-0.05, 0) is 55.5 Å². The Morgan fingerprint density at radius 2 is 1.59 bits per heavy atom. The van der Waals surface area contributed by atoms with Crippen molar-refractivity contribution < 1.29 is 32.5 Å². The second-order valence-corrected chi connectivity index (χ2v) is 11.3. The van der Waals surface area contributed by atoms with E-state index >= 15 is 0 Å². The third kappa shape index (κ3) is 9.49. The van der Waals surface area contributed by atoms with Crippen molar-refractivity contribution in [1.82, 2.24) is 0 Å². The lowest BCUT2D eigenvalue weighted by atomic mass is 10.1. The van der Waals surface area contributed by atoms with Crippen LogP contribution >= 0.6 is 0 Å². The molecule has 0 bridgehead atoms. The number of carboxylic acids is 1. The third-order valence-corrected chi connectivity index (χ3v) is 8.11. The summed E-state index contributed by atoms with van der Waals surface area (Å²) < 4.78 is 44.1. The number of sulfonamides is 1. The zero-order valence-electron chi connectivity index (χ0n) is 23.9. The van der Waals surface area contributed by atoms with Crippen molar-refractivity contribution in [3.8, 4) is 11.5 Å². The number of aryl methyl sites for hydroxylation is 1. The molecule has 8 nitrogen and oxygen atoms in total. The van der Waals surface area contributed by atoms with Gasteiger partial charge in [0.05, 0.1) is 31.3 Å². The smallest absolute Gasteiger partial charge is 0.371 e. The lowest BCUT2D eigenvalue weighted by Crippen LogP contribution is -2.28. The minimum atomic E-state index is -3.35. The standard InChI is InChI=1S/C30H43NO7S/c1-6-10-19-37-28-24(8-3)14-15-25(22-27(30(32)33)36-9-4)29(28)38-20-18-23-12-16-26(17-13-23)31(5)39(34,35)21-11-7-2/h12-17,22H,6-11,18-21H2,1-5H3,(H,32,33)/b27-22-. The summed E-state index contributed by atoms with van der Waals surface area (Å²) in [5, 5.41) is 9.57. The number of benzene rings is 2. The number of ether oxygens (including phenoxy) is 3. The number of unbranched alkanes of at least 4 members (excludes halogenated alkanes) is 2. The highest BCUT2D eigenvalue weighted by molar-refractivity contribution is 7.92. The summed E-state index contributed by atoms with van der Waals surface area (Å²) in [5.41, 5.74) is 3.14. The van der Waals surface area contributed by atoms with Crippen LogP contribution in [0.5, 0.6) is 11.5 Å². The van der Waals surface area contributed by atoms with Gasteiger partial charge < -0.3 is 19.3 Å². The first kappa shape index (κ1) is 32.0. The maximum absolute atomic E-state index is 12.5. The Labute approximate surface area is 233 Å². The van der Waals surface area contributed by atoms with Crippen molar-refractivity contribution in [2.24, 2.45) is 0 Å². The van der Waals surface area contributed by atoms with Gasteiger partial charge in [-0.15, -0.1) is 0 Å². The number of nitrogens with zero attached hydrogens (tertiary/aromatic N) is 1. The Balaban J connectivity index is 2.28. The maximum atomic E-state index is 12.5. The van der Waals surface area contributed by atoms with Gasteiger partial charge in [-0.1, -0.05) is 57.9 Å². The van der Waals surface area contributed by atoms with Gasteiger partial charge in [0.1, 0.15) is 0 Å². The molecular weight excluding hydrogens is 518 g/mol. The Bertz CT molecular complexity index is 1190. The van der Waals surface area contributed by atoms with E-state index in [1.165, 1.54) is 10.4 Å². The van der Waals surface area contributed by atoms with Crippen LogP contribution in [0.15, 0.2) is 42.2 Å². The number of hydrogen-bond donors (Lipinski definition) is 1. The SMILES string of the molecule is CCCCOc1c(CC)ccc(/C=C(\OCC)C(=O)O)c1OCCc1ccc(N(C)S(=O)(=O)CCCC)cc1. The second-order valence-electron chi connectivity index (χ2n) is 9.18. The quantitative estimate of drug-likeness (QED) is 0.134. The summed E-state index contributed by atoms with van der Waals surface area (Å²) in [6.45, 7) is 8.90. The van der Waals surface area contributed by atoms with Crippen molar-refractivity contribution in [3.05, 3.63) is 58.8 Å². The largest absolute Gasteiger partial charge is 0.489 e. The molecule has 2 aromatic rings. The number of carboxylic acid groups (broad SMARTS) is 1. The van der Waals surface area contributed by atoms with Crippen molar-refractivity contribution >= 4 is 27.8 Å². The normalized spacial score (nSPS) is 11.8. The van der Waals surface area contributed by atoms with Gasteiger partial charge in [-0.25, -0.2) is 13.2 Å². The highest BCUT2D eigenvalue weighted by atomic mass is 32.2. The van der Waals surface area contributed by atoms with E-state index in [1.54, 1.807) is 26.1 Å². The molecule has 0 aromatic heterocycles. The molecule has 0 aliphatic carbocycles. The Kier molecular flexibility index (Phi) is 13.2. The van der Waals surface area contributed by atoms with E-state index in [4.69, 9.17) is 14.2 Å². The molecule has 0 amide bonds. The molecule has 1 N–H and O–H groups in total. The molecule has 9 heteroatoms. The monoisotopic (exact) mass is 561 g/mol. The summed E-state index contributed by atoms with van der Waals surface area (Å²) in [7, 11) is -1.77. The van der Waals surface area contributed by atoms with Gasteiger partial charge >= 0.3 is 5.97 Å². The van der Waals surface area contributed by atoms with Gasteiger partial charge in [0.25, 0.3) is 0 Å². The van der Waals surface area contributed by atoms with Crippen LogP contribution < -0.4 is 13.8 Å². The summed E-state index contributed by atoms with van der Waals surface area (Å²) in [4.78, 5) is 11.7. The molecule has 0 spiro atoms. The predicted molar refractivity (Wildman–Crippen MR) is 156 cm³/mol. The zero-order valence-corrected chi connectivity index (χ0v) is 24.7. The minimum absolute atomic E-state index is 0.124. The predicted octanol–water partition coefficient (Wildman–Crippen LogP) is 6.08. The van der Waals surface area contributed by atoms with Crippen LogP contribution in [0.3, 0.4) is 0 Å². The third-order valence-electron chi connectivity index (χ3n) is 6.26. The Morgan fingerprint density at radius 3 is 2.18 bits per heavy atom. The second kappa shape index (κ2) is 16.0. The summed E-state index contributed by atoms with van der Waals surface area (Å²) >= 11 is 0. The Hall–Kier alpha value is -3.20. The molecule has 0 fully saturated rings. The average molecular weight is 562 g/mol. The molecule has 0 radical (unpaired) electrons. The molecule has 0 aliphatic rings. The topological polar surface area (TPSA) is 102 Å². The van der Waals surface area contributed by atoms with Crippen LogP contribution in [-0.4, -0.2) is 52.1 Å². The van der Waals surface area contributed by atoms with E-state index in [0.717, 1.165) is 36.8 Å². The molecular formula is C30H43NO7S. The number of carbonyl (C=O) groups is 1. The molecule has 2 aromatic carbocycles. The van der Waals surface area contributed by atoms with E-state index in [0.29, 0.717) is 48.8 Å². The lowest BCUT2D eigenvalue weighted by Gasteiger charge is -2.20. The number of hydrogen-bond acceptors (Lipinski definition) is 6. The first-order chi connectivity index (χ1) is 18.7. The van der Waals surface area contributed by atoms with Crippen LogP contribution in [-0.2, 0) is 32.4 Å². The number of anilines is 1. The van der Waals surface area contributed by atoms with E-state index in [-0.39, 0.29) is 18.1 Å². The molecule has 39 heavy (non-hydrogen) atoms. The summed E-state index contributed by atoms with van der Waals surface area (Å²) in [6, 6.07) is 11.1. The van der Waals surface area contributed by atoms with Gasteiger partial charge in [0.2, 0.25) is 15.8 Å². The van der Waals surface area contributed by atoms with Crippen molar-refractivity contribution in [1.29, 1.82) is 0 Å². The maximum Gasteiger partial charge on any atom is 0.371 e. The van der Waals surface area contributed by atoms with Crippen LogP contribution in [0.4, 0.5) is 5.69 Å². The van der Waals surface area contributed by atoms with Crippen LogP contribution in [0.2, 0.25) is 0 Å². The fraction of sp³-hybridized carbons (Fsp3) is 0.500. The van der Waals surface area contributed by atoms with Gasteiger partial charge in [-0.3, -0.25) is 4.31 Å². The van der Waals surface area contributed by atoms with E-state index in [9.17, 15) is 18.3 Å². The first-order valence-electron chi connectivity index (χ1n) is 13.7. The molecule has 0 saturated carbocycles.